The van der Waals surface area contributed by atoms with Crippen LogP contribution in [0.2, 0.25) is 0 Å². The average molecular weight is 414 g/mol. The summed E-state index contributed by atoms with van der Waals surface area (Å²) in [4.78, 5) is 19.1. The highest BCUT2D eigenvalue weighted by molar-refractivity contribution is 5.75. The van der Waals surface area contributed by atoms with Crippen LogP contribution in [-0.4, -0.2) is 83.7 Å². The molecule has 2 atom stereocenters. The maximum absolute atomic E-state index is 13.0. The average Bonchev–Trinajstić information content (AvgIpc) is 2.75. The molecule has 3 aliphatic heterocycles. The summed E-state index contributed by atoms with van der Waals surface area (Å²) in [6, 6.07) is 7.50. The van der Waals surface area contributed by atoms with Crippen LogP contribution in [0.5, 0.6) is 5.75 Å². The maximum atomic E-state index is 13.0. The van der Waals surface area contributed by atoms with Gasteiger partial charge in [-0.05, 0) is 25.1 Å². The molecule has 4 rings (SSSR count). The fraction of sp³-hybridized carbons (Fsp3) is 0.476. The number of amides is 2. The number of carbonyl (C=O) groups is 1. The Morgan fingerprint density at radius 1 is 1.20 bits per heavy atom. The van der Waals surface area contributed by atoms with Gasteiger partial charge in [-0.2, -0.15) is 0 Å². The highest BCUT2D eigenvalue weighted by atomic mass is 16.3. The first-order valence-electron chi connectivity index (χ1n) is 10.5. The quantitative estimate of drug-likeness (QED) is 0.456. The molecule has 0 radical (unpaired) electrons. The largest absolute Gasteiger partial charge is 0.507 e. The van der Waals surface area contributed by atoms with Crippen LogP contribution in [-0.2, 0) is 0 Å². The molecule has 2 unspecified atom stereocenters. The van der Waals surface area contributed by atoms with Gasteiger partial charge < -0.3 is 41.9 Å². The summed E-state index contributed by atoms with van der Waals surface area (Å²) in [5.74, 6) is 0.687. The predicted molar refractivity (Wildman–Crippen MR) is 116 cm³/mol. The number of carbonyl (C=O) groups excluding carboxylic acids is 1. The predicted octanol–water partition coefficient (Wildman–Crippen LogP) is -0.177. The third-order valence-electron chi connectivity index (χ3n) is 6.01. The lowest BCUT2D eigenvalue weighted by Crippen LogP contribution is -2.63. The van der Waals surface area contributed by atoms with Crippen LogP contribution >= 0.6 is 0 Å². The van der Waals surface area contributed by atoms with Crippen LogP contribution < -0.4 is 22.1 Å². The van der Waals surface area contributed by atoms with Crippen LogP contribution in [0.1, 0.15) is 12.5 Å². The molecule has 0 bridgehead atoms. The number of rotatable bonds is 2. The van der Waals surface area contributed by atoms with Crippen molar-refractivity contribution in [2.75, 3.05) is 45.8 Å². The van der Waals surface area contributed by atoms with Crippen molar-refractivity contribution in [3.63, 3.8) is 0 Å². The van der Waals surface area contributed by atoms with Crippen molar-refractivity contribution >= 4 is 11.7 Å². The van der Waals surface area contributed by atoms with E-state index in [-0.39, 0.29) is 17.8 Å². The Morgan fingerprint density at radius 2 is 1.97 bits per heavy atom. The highest BCUT2D eigenvalue weighted by Crippen LogP contribution is 2.27. The Bertz CT molecular complexity index is 869. The first-order chi connectivity index (χ1) is 14.4. The Kier molecular flexibility index (Phi) is 5.63. The van der Waals surface area contributed by atoms with Crippen molar-refractivity contribution in [2.45, 2.75) is 19.0 Å². The van der Waals surface area contributed by atoms with E-state index in [1.54, 1.807) is 24.3 Å². The van der Waals surface area contributed by atoms with Gasteiger partial charge in [0.05, 0.1) is 11.7 Å². The first kappa shape index (κ1) is 20.2. The number of hydrogen-bond donors (Lipinski definition) is 5. The van der Waals surface area contributed by atoms with Gasteiger partial charge in [0.1, 0.15) is 11.6 Å². The maximum Gasteiger partial charge on any atom is 0.320 e. The van der Waals surface area contributed by atoms with Crippen molar-refractivity contribution in [3.05, 3.63) is 47.4 Å². The third kappa shape index (κ3) is 3.97. The molecule has 9 nitrogen and oxygen atoms in total. The minimum absolute atomic E-state index is 0.108. The number of benzene rings is 1. The van der Waals surface area contributed by atoms with Gasteiger partial charge in [0.25, 0.3) is 0 Å². The molecule has 2 amide bonds. The van der Waals surface area contributed by atoms with Gasteiger partial charge in [0, 0.05) is 63.1 Å². The minimum atomic E-state index is 0.108. The summed E-state index contributed by atoms with van der Waals surface area (Å²) in [6.07, 6.45) is 1.80. The Morgan fingerprint density at radius 3 is 2.73 bits per heavy atom. The summed E-state index contributed by atoms with van der Waals surface area (Å²) < 4.78 is 0. The summed E-state index contributed by atoms with van der Waals surface area (Å²) in [5, 5.41) is 16.7. The van der Waals surface area contributed by atoms with Crippen LogP contribution in [0.3, 0.4) is 0 Å². The van der Waals surface area contributed by atoms with Crippen molar-refractivity contribution in [2.24, 2.45) is 11.5 Å². The molecule has 0 aromatic heterocycles. The van der Waals surface area contributed by atoms with Gasteiger partial charge in [-0.15, -0.1) is 0 Å². The molecule has 0 saturated carbocycles. The van der Waals surface area contributed by atoms with E-state index in [4.69, 9.17) is 11.5 Å². The van der Waals surface area contributed by atoms with Crippen molar-refractivity contribution in [1.82, 2.24) is 25.3 Å². The van der Waals surface area contributed by atoms with Gasteiger partial charge in [-0.1, -0.05) is 12.1 Å². The van der Waals surface area contributed by atoms with Crippen LogP contribution in [0, 0.1) is 0 Å². The Labute approximate surface area is 177 Å². The number of nitrogens with two attached hydrogens (primary N) is 2. The fourth-order valence-corrected chi connectivity index (χ4v) is 4.40. The zero-order chi connectivity index (χ0) is 21.3. The molecule has 2 fully saturated rings. The molecule has 3 heterocycles. The van der Waals surface area contributed by atoms with Gasteiger partial charge in [-0.25, -0.2) is 4.79 Å². The summed E-state index contributed by atoms with van der Waals surface area (Å²) >= 11 is 0. The number of allylic oxidation sites excluding steroid dienone is 1. The van der Waals surface area contributed by atoms with Crippen molar-refractivity contribution in [3.8, 4) is 5.75 Å². The van der Waals surface area contributed by atoms with Gasteiger partial charge in [0.15, 0.2) is 0 Å². The minimum Gasteiger partial charge on any atom is -0.507 e. The molecule has 162 valence electrons. The molecular weight excluding hydrogens is 382 g/mol. The number of urea groups is 1. The molecule has 1 aromatic rings. The fourth-order valence-electron chi connectivity index (χ4n) is 4.40. The molecule has 3 aliphatic rings. The zero-order valence-electron chi connectivity index (χ0n) is 17.3. The SMILES string of the molecule is CC1CN(C(=O)N2CCN3C(/C=C(\N)c4ccccc4O)=C(N)NCC3C2)CCN1. The van der Waals surface area contributed by atoms with Crippen molar-refractivity contribution in [1.29, 1.82) is 0 Å². The zero-order valence-corrected chi connectivity index (χ0v) is 17.3. The van der Waals surface area contributed by atoms with E-state index in [1.165, 1.54) is 0 Å². The van der Waals surface area contributed by atoms with E-state index in [9.17, 15) is 9.90 Å². The van der Waals surface area contributed by atoms with E-state index in [0.717, 1.165) is 25.3 Å². The molecular formula is C21H31N7O2. The second-order valence-corrected chi connectivity index (χ2v) is 8.17. The molecule has 7 N–H and O–H groups in total. The van der Waals surface area contributed by atoms with Gasteiger partial charge in [-0.3, -0.25) is 0 Å². The monoisotopic (exact) mass is 413 g/mol. The van der Waals surface area contributed by atoms with Crippen LogP contribution in [0.25, 0.3) is 5.70 Å². The number of para-hydroxylation sites is 1. The highest BCUT2D eigenvalue weighted by Gasteiger charge is 2.35. The number of nitrogens with one attached hydrogen (secondary N) is 2. The second kappa shape index (κ2) is 8.35. The van der Waals surface area contributed by atoms with E-state index in [0.29, 0.717) is 49.3 Å². The number of nitrogens with zero attached hydrogens (tertiary/aromatic N) is 3. The normalized spacial score (nSPS) is 25.1. The molecule has 1 aromatic carbocycles. The van der Waals surface area contributed by atoms with E-state index in [2.05, 4.69) is 22.5 Å². The van der Waals surface area contributed by atoms with Crippen molar-refractivity contribution < 1.29 is 9.90 Å². The third-order valence-corrected chi connectivity index (χ3v) is 6.01. The number of hydrogen-bond acceptors (Lipinski definition) is 7. The molecule has 0 aliphatic carbocycles. The number of phenols is 1. The Hall–Kier alpha value is -3.07. The standard InChI is InChI=1S/C21H31N7O2/c1-14-12-26(7-6-24-14)21(30)27-8-9-28-15(13-27)11-25-20(23)18(28)10-17(22)16-4-2-3-5-19(16)29/h2-5,10,14-15,24-25,29H,6-9,11-13,22-23H2,1H3/b17-10-. The Balaban J connectivity index is 1.49. The number of fused-ring (bicyclic) bond motifs is 1. The van der Waals surface area contributed by atoms with E-state index in [1.807, 2.05) is 15.9 Å². The number of aromatic hydroxyl groups is 1. The van der Waals surface area contributed by atoms with Gasteiger partial charge in [0.2, 0.25) is 0 Å². The lowest BCUT2D eigenvalue weighted by atomic mass is 10.1. The lowest BCUT2D eigenvalue weighted by molar-refractivity contribution is 0.0840. The number of phenolic OH excluding ortho intramolecular Hbond substituents is 1. The first-order valence-corrected chi connectivity index (χ1v) is 10.5. The van der Waals surface area contributed by atoms with E-state index < -0.39 is 0 Å². The van der Waals surface area contributed by atoms with E-state index >= 15 is 0 Å². The summed E-state index contributed by atoms with van der Waals surface area (Å²) in [7, 11) is 0. The van der Waals surface area contributed by atoms with Gasteiger partial charge >= 0.3 is 6.03 Å². The summed E-state index contributed by atoms with van der Waals surface area (Å²) in [5.41, 5.74) is 14.3. The van der Waals surface area contributed by atoms with Crippen LogP contribution in [0.15, 0.2) is 41.9 Å². The molecule has 0 spiro atoms. The topological polar surface area (TPSA) is 123 Å². The molecule has 2 saturated heterocycles. The second-order valence-electron chi connectivity index (χ2n) is 8.17. The lowest BCUT2D eigenvalue weighted by Gasteiger charge is -2.47. The molecule has 30 heavy (non-hydrogen) atoms. The number of piperazine rings is 2. The van der Waals surface area contributed by atoms with Crippen LogP contribution in [0.4, 0.5) is 4.79 Å². The smallest absolute Gasteiger partial charge is 0.320 e. The molecule has 9 heteroatoms. The summed E-state index contributed by atoms with van der Waals surface area (Å²) in [6.45, 7) is 7.02.